The quantitative estimate of drug-likeness (QED) is 0.907. The van der Waals surface area contributed by atoms with E-state index in [2.05, 4.69) is 20.8 Å². The summed E-state index contributed by atoms with van der Waals surface area (Å²) in [5.41, 5.74) is 7.31. The molecular weight excluding hydrogens is 264 g/mol. The van der Waals surface area contributed by atoms with Gasteiger partial charge < -0.3 is 10.6 Å². The van der Waals surface area contributed by atoms with Crippen LogP contribution in [0.2, 0.25) is 0 Å². The van der Waals surface area contributed by atoms with Gasteiger partial charge in [0, 0.05) is 18.7 Å². The summed E-state index contributed by atoms with van der Waals surface area (Å²) in [4.78, 5) is 25.5. The van der Waals surface area contributed by atoms with Crippen molar-refractivity contribution in [1.29, 1.82) is 0 Å². The lowest BCUT2D eigenvalue weighted by atomic mass is 9.86. The molecule has 1 aromatic carbocycles. The third kappa shape index (κ3) is 3.63. The third-order valence-electron chi connectivity index (χ3n) is 4.11. The summed E-state index contributed by atoms with van der Waals surface area (Å²) in [5.74, 6) is -0.534. The maximum absolute atomic E-state index is 12.5. The molecular formula is C17H24N2O2. The normalized spacial score (nSPS) is 19.4. The molecule has 1 saturated heterocycles. The van der Waals surface area contributed by atoms with Gasteiger partial charge in [-0.3, -0.25) is 9.59 Å². The summed E-state index contributed by atoms with van der Waals surface area (Å²) in [5, 5.41) is 0. The van der Waals surface area contributed by atoms with Crippen LogP contribution in [0.4, 0.5) is 0 Å². The molecule has 0 radical (unpaired) electrons. The van der Waals surface area contributed by atoms with Crippen molar-refractivity contribution in [2.75, 3.05) is 13.1 Å². The molecule has 0 aliphatic carbocycles. The Morgan fingerprint density at radius 1 is 1.19 bits per heavy atom. The summed E-state index contributed by atoms with van der Waals surface area (Å²) < 4.78 is 0. The smallest absolute Gasteiger partial charge is 0.253 e. The Bertz CT molecular complexity index is 529. The van der Waals surface area contributed by atoms with Crippen molar-refractivity contribution in [3.05, 3.63) is 35.4 Å². The zero-order valence-electron chi connectivity index (χ0n) is 13.1. The van der Waals surface area contributed by atoms with E-state index in [-0.39, 0.29) is 23.1 Å². The van der Waals surface area contributed by atoms with Crippen LogP contribution in [0.1, 0.15) is 49.5 Å². The van der Waals surface area contributed by atoms with Gasteiger partial charge in [0.05, 0.1) is 5.92 Å². The van der Waals surface area contributed by atoms with E-state index in [1.54, 1.807) is 4.90 Å². The van der Waals surface area contributed by atoms with Crippen LogP contribution in [-0.2, 0) is 10.2 Å². The fourth-order valence-corrected chi connectivity index (χ4v) is 2.69. The number of likely N-dealkylation sites (tertiary alicyclic amines) is 1. The topological polar surface area (TPSA) is 63.4 Å². The van der Waals surface area contributed by atoms with Crippen LogP contribution >= 0.6 is 0 Å². The Morgan fingerprint density at radius 2 is 1.81 bits per heavy atom. The molecule has 1 atom stereocenters. The standard InChI is InChI=1S/C17H24N2O2/c1-17(2,3)14-8-6-12(7-9-14)16(21)19-10-4-5-13(11-19)15(18)20/h6-9,13H,4-5,10-11H2,1-3H3,(H2,18,20)/t13-/m0/s1. The molecule has 0 spiro atoms. The number of piperidine rings is 1. The minimum Gasteiger partial charge on any atom is -0.369 e. The van der Waals surface area contributed by atoms with Crippen molar-refractivity contribution >= 4 is 11.8 Å². The fourth-order valence-electron chi connectivity index (χ4n) is 2.69. The molecule has 2 amide bonds. The van der Waals surface area contributed by atoms with Crippen molar-refractivity contribution < 1.29 is 9.59 Å². The molecule has 0 saturated carbocycles. The summed E-state index contributed by atoms with van der Waals surface area (Å²) in [6, 6.07) is 7.75. The van der Waals surface area contributed by atoms with E-state index in [1.165, 1.54) is 5.56 Å². The number of nitrogens with zero attached hydrogens (tertiary/aromatic N) is 1. The molecule has 0 unspecified atom stereocenters. The molecule has 1 fully saturated rings. The monoisotopic (exact) mass is 288 g/mol. The van der Waals surface area contributed by atoms with E-state index in [9.17, 15) is 9.59 Å². The van der Waals surface area contributed by atoms with Gasteiger partial charge in [0.25, 0.3) is 5.91 Å². The maximum atomic E-state index is 12.5. The Kier molecular flexibility index (Phi) is 4.35. The van der Waals surface area contributed by atoms with Crippen molar-refractivity contribution in [2.45, 2.75) is 39.0 Å². The van der Waals surface area contributed by atoms with Gasteiger partial charge in [-0.2, -0.15) is 0 Å². The molecule has 0 aromatic heterocycles. The Hall–Kier alpha value is -1.84. The predicted molar refractivity (Wildman–Crippen MR) is 83.0 cm³/mol. The highest BCUT2D eigenvalue weighted by Crippen LogP contribution is 2.23. The molecule has 21 heavy (non-hydrogen) atoms. The number of nitrogens with two attached hydrogens (primary N) is 1. The lowest BCUT2D eigenvalue weighted by Gasteiger charge is -2.31. The van der Waals surface area contributed by atoms with Crippen LogP contribution in [0.25, 0.3) is 0 Å². The molecule has 4 nitrogen and oxygen atoms in total. The molecule has 4 heteroatoms. The predicted octanol–water partition coefficient (Wildman–Crippen LogP) is 2.32. The number of carbonyl (C=O) groups is 2. The highest BCUT2D eigenvalue weighted by molar-refractivity contribution is 5.94. The first-order chi connectivity index (χ1) is 9.79. The zero-order chi connectivity index (χ0) is 15.6. The average Bonchev–Trinajstić information content (AvgIpc) is 2.46. The summed E-state index contributed by atoms with van der Waals surface area (Å²) >= 11 is 0. The van der Waals surface area contributed by atoms with Crippen molar-refractivity contribution in [3.63, 3.8) is 0 Å². The molecule has 1 aliphatic heterocycles. The minimum absolute atomic E-state index is 0.0126. The second-order valence-electron chi connectivity index (χ2n) is 6.82. The highest BCUT2D eigenvalue weighted by atomic mass is 16.2. The molecule has 2 rings (SSSR count). The summed E-state index contributed by atoms with van der Waals surface area (Å²) in [6.45, 7) is 7.57. The SMILES string of the molecule is CC(C)(C)c1ccc(C(=O)N2CCC[C@H](C(N)=O)C2)cc1. The fraction of sp³-hybridized carbons (Fsp3) is 0.529. The number of hydrogen-bond acceptors (Lipinski definition) is 2. The number of hydrogen-bond donors (Lipinski definition) is 1. The van der Waals surface area contributed by atoms with E-state index in [1.807, 2.05) is 24.3 Å². The number of rotatable bonds is 2. The van der Waals surface area contributed by atoms with Crippen molar-refractivity contribution in [3.8, 4) is 0 Å². The first-order valence-corrected chi connectivity index (χ1v) is 7.48. The number of benzene rings is 1. The van der Waals surface area contributed by atoms with Crippen LogP contribution in [-0.4, -0.2) is 29.8 Å². The molecule has 0 bridgehead atoms. The van der Waals surface area contributed by atoms with E-state index < -0.39 is 0 Å². The van der Waals surface area contributed by atoms with Crippen molar-refractivity contribution in [2.24, 2.45) is 11.7 Å². The van der Waals surface area contributed by atoms with Crippen LogP contribution < -0.4 is 5.73 Å². The van der Waals surface area contributed by atoms with Gasteiger partial charge >= 0.3 is 0 Å². The average molecular weight is 288 g/mol. The van der Waals surface area contributed by atoms with Crippen LogP contribution in [0.15, 0.2) is 24.3 Å². The van der Waals surface area contributed by atoms with Gasteiger partial charge in [-0.1, -0.05) is 32.9 Å². The highest BCUT2D eigenvalue weighted by Gasteiger charge is 2.27. The van der Waals surface area contributed by atoms with Crippen LogP contribution in [0.5, 0.6) is 0 Å². The Morgan fingerprint density at radius 3 is 2.33 bits per heavy atom. The van der Waals surface area contributed by atoms with Gasteiger partial charge in [-0.15, -0.1) is 0 Å². The second-order valence-corrected chi connectivity index (χ2v) is 6.82. The van der Waals surface area contributed by atoms with Crippen LogP contribution in [0.3, 0.4) is 0 Å². The largest absolute Gasteiger partial charge is 0.369 e. The first-order valence-electron chi connectivity index (χ1n) is 7.48. The molecule has 2 N–H and O–H groups in total. The summed E-state index contributed by atoms with van der Waals surface area (Å²) in [6.07, 6.45) is 1.61. The van der Waals surface area contributed by atoms with Gasteiger partial charge in [-0.25, -0.2) is 0 Å². The molecule has 1 aliphatic rings. The van der Waals surface area contributed by atoms with Gasteiger partial charge in [0.2, 0.25) is 5.91 Å². The van der Waals surface area contributed by atoms with Gasteiger partial charge in [-0.05, 0) is 36.0 Å². The molecule has 1 heterocycles. The molecule has 114 valence electrons. The number of primary amides is 1. The third-order valence-corrected chi connectivity index (χ3v) is 4.11. The van der Waals surface area contributed by atoms with E-state index in [0.717, 1.165) is 12.8 Å². The minimum atomic E-state index is -0.310. The van der Waals surface area contributed by atoms with Crippen molar-refractivity contribution in [1.82, 2.24) is 4.90 Å². The lowest BCUT2D eigenvalue weighted by Crippen LogP contribution is -2.44. The number of carbonyl (C=O) groups excluding carboxylic acids is 2. The Balaban J connectivity index is 2.11. The Labute approximate surface area is 126 Å². The lowest BCUT2D eigenvalue weighted by molar-refractivity contribution is -0.123. The zero-order valence-corrected chi connectivity index (χ0v) is 13.1. The van der Waals surface area contributed by atoms with Gasteiger partial charge in [0.1, 0.15) is 0 Å². The van der Waals surface area contributed by atoms with E-state index in [4.69, 9.17) is 5.73 Å². The van der Waals surface area contributed by atoms with Gasteiger partial charge in [0.15, 0.2) is 0 Å². The molecule has 1 aromatic rings. The first kappa shape index (κ1) is 15.5. The number of amides is 2. The summed E-state index contributed by atoms with van der Waals surface area (Å²) in [7, 11) is 0. The van der Waals surface area contributed by atoms with E-state index in [0.29, 0.717) is 18.7 Å². The van der Waals surface area contributed by atoms with E-state index >= 15 is 0 Å². The van der Waals surface area contributed by atoms with Crippen LogP contribution in [0, 0.1) is 5.92 Å². The second kappa shape index (κ2) is 5.88. The maximum Gasteiger partial charge on any atom is 0.253 e.